The van der Waals surface area contributed by atoms with Gasteiger partial charge in [0.15, 0.2) is 11.6 Å². The molecule has 94 valence electrons. The fraction of sp³-hybridized carbons (Fsp3) is 0.455. The van der Waals surface area contributed by atoms with Crippen molar-refractivity contribution in [3.63, 3.8) is 0 Å². The number of rotatable bonds is 5. The average Bonchev–Trinajstić information content (AvgIpc) is 2.28. The van der Waals surface area contributed by atoms with Crippen LogP contribution in [0.2, 0.25) is 0 Å². The van der Waals surface area contributed by atoms with E-state index in [0.717, 1.165) is 12.5 Å². The van der Waals surface area contributed by atoms with E-state index in [1.165, 1.54) is 6.92 Å². The number of nitrogens with zero attached hydrogens (tertiary/aromatic N) is 1. The molecule has 0 aromatic heterocycles. The molecule has 0 atom stereocenters. The summed E-state index contributed by atoms with van der Waals surface area (Å²) in [6.07, 6.45) is 1.43. The predicted molar refractivity (Wildman–Crippen MR) is 58.2 cm³/mol. The van der Waals surface area contributed by atoms with E-state index in [2.05, 4.69) is 0 Å². The third-order valence-corrected chi connectivity index (χ3v) is 2.26. The summed E-state index contributed by atoms with van der Waals surface area (Å²) >= 11 is 0. The lowest BCUT2D eigenvalue weighted by molar-refractivity contribution is -0.387. The lowest BCUT2D eigenvalue weighted by Gasteiger charge is -2.09. The summed E-state index contributed by atoms with van der Waals surface area (Å²) in [6.45, 7) is 3.36. The fourth-order valence-electron chi connectivity index (χ4n) is 1.30. The highest BCUT2D eigenvalue weighted by Crippen LogP contribution is 2.32. The van der Waals surface area contributed by atoms with E-state index in [1.54, 1.807) is 0 Å². The molecular formula is C11H13F2NO3. The monoisotopic (exact) mass is 245 g/mol. The number of nitro benzene ring substituents is 1. The van der Waals surface area contributed by atoms with Crippen LogP contribution in [0.4, 0.5) is 14.5 Å². The van der Waals surface area contributed by atoms with E-state index in [0.29, 0.717) is 6.42 Å². The van der Waals surface area contributed by atoms with Gasteiger partial charge in [0.05, 0.1) is 11.5 Å². The number of benzene rings is 1. The molecule has 0 N–H and O–H groups in total. The Bertz CT molecular complexity index is 435. The molecular weight excluding hydrogens is 232 g/mol. The Kier molecular flexibility index (Phi) is 4.37. The standard InChI is InChI=1S/C11H13F2NO3/c1-3-4-5-17-11-9(12)7(2)6-8(10(11)13)14(15)16/h6H,3-5H2,1-2H3. The third-order valence-electron chi connectivity index (χ3n) is 2.26. The second kappa shape index (κ2) is 5.56. The van der Waals surface area contributed by atoms with Crippen molar-refractivity contribution in [3.05, 3.63) is 33.4 Å². The molecule has 0 amide bonds. The molecule has 0 unspecified atom stereocenters. The number of hydrogen-bond donors (Lipinski definition) is 0. The minimum atomic E-state index is -1.26. The molecule has 0 radical (unpaired) electrons. The Labute approximate surface area is 97.4 Å². The lowest BCUT2D eigenvalue weighted by atomic mass is 10.2. The zero-order valence-electron chi connectivity index (χ0n) is 9.63. The number of unbranched alkanes of at least 4 members (excludes halogenated alkanes) is 1. The number of hydrogen-bond acceptors (Lipinski definition) is 3. The van der Waals surface area contributed by atoms with Gasteiger partial charge < -0.3 is 4.74 Å². The number of aryl methyl sites for hydroxylation is 1. The highest BCUT2D eigenvalue weighted by Gasteiger charge is 2.24. The summed E-state index contributed by atoms with van der Waals surface area (Å²) in [7, 11) is 0. The van der Waals surface area contributed by atoms with Gasteiger partial charge in [0.2, 0.25) is 5.82 Å². The molecule has 0 fully saturated rings. The van der Waals surface area contributed by atoms with Gasteiger partial charge in [-0.3, -0.25) is 10.1 Å². The first kappa shape index (κ1) is 13.3. The van der Waals surface area contributed by atoms with Crippen LogP contribution in [0, 0.1) is 28.7 Å². The van der Waals surface area contributed by atoms with Crippen molar-refractivity contribution in [1.82, 2.24) is 0 Å². The Hall–Kier alpha value is -1.72. The molecule has 6 heteroatoms. The predicted octanol–water partition coefficient (Wildman–Crippen LogP) is 3.36. The van der Waals surface area contributed by atoms with E-state index in [4.69, 9.17) is 4.74 Å². The minimum absolute atomic E-state index is 0.00963. The highest BCUT2D eigenvalue weighted by atomic mass is 19.1. The Morgan fingerprint density at radius 3 is 2.59 bits per heavy atom. The zero-order chi connectivity index (χ0) is 13.0. The van der Waals surface area contributed by atoms with E-state index in [-0.39, 0.29) is 12.2 Å². The molecule has 0 saturated carbocycles. The smallest absolute Gasteiger partial charge is 0.309 e. The van der Waals surface area contributed by atoms with Gasteiger partial charge in [0.1, 0.15) is 0 Å². The first-order valence-electron chi connectivity index (χ1n) is 5.24. The molecule has 0 bridgehead atoms. The molecule has 4 nitrogen and oxygen atoms in total. The van der Waals surface area contributed by atoms with Gasteiger partial charge in [-0.25, -0.2) is 4.39 Å². The van der Waals surface area contributed by atoms with Crippen LogP contribution in [-0.4, -0.2) is 11.5 Å². The van der Waals surface area contributed by atoms with E-state index >= 15 is 0 Å². The molecule has 1 aromatic rings. The van der Waals surface area contributed by atoms with E-state index in [1.807, 2.05) is 6.92 Å². The van der Waals surface area contributed by atoms with Crippen molar-refractivity contribution >= 4 is 5.69 Å². The van der Waals surface area contributed by atoms with Gasteiger partial charge in [-0.15, -0.1) is 0 Å². The summed E-state index contributed by atoms with van der Waals surface area (Å²) in [5, 5.41) is 10.6. The molecule has 0 aliphatic heterocycles. The maximum Gasteiger partial charge on any atom is 0.309 e. The van der Waals surface area contributed by atoms with Crippen LogP contribution in [-0.2, 0) is 0 Å². The molecule has 17 heavy (non-hydrogen) atoms. The quantitative estimate of drug-likeness (QED) is 0.454. The Morgan fingerprint density at radius 1 is 1.41 bits per heavy atom. The largest absolute Gasteiger partial charge is 0.487 e. The second-order valence-corrected chi connectivity index (χ2v) is 3.63. The average molecular weight is 245 g/mol. The van der Waals surface area contributed by atoms with Gasteiger partial charge in [-0.05, 0) is 18.9 Å². The van der Waals surface area contributed by atoms with Crippen LogP contribution in [0.15, 0.2) is 6.07 Å². The first-order valence-corrected chi connectivity index (χ1v) is 5.24. The van der Waals surface area contributed by atoms with Crippen LogP contribution in [0.1, 0.15) is 25.3 Å². The topological polar surface area (TPSA) is 52.4 Å². The van der Waals surface area contributed by atoms with Gasteiger partial charge in [0.25, 0.3) is 0 Å². The van der Waals surface area contributed by atoms with Gasteiger partial charge in [-0.1, -0.05) is 13.3 Å². The summed E-state index contributed by atoms with van der Waals surface area (Å²) in [4.78, 5) is 9.66. The summed E-state index contributed by atoms with van der Waals surface area (Å²) in [5.74, 6) is -2.80. The fourth-order valence-corrected chi connectivity index (χ4v) is 1.30. The van der Waals surface area contributed by atoms with Crippen LogP contribution < -0.4 is 4.74 Å². The van der Waals surface area contributed by atoms with Crippen LogP contribution in [0.5, 0.6) is 5.75 Å². The normalized spacial score (nSPS) is 10.4. The van der Waals surface area contributed by atoms with Crippen molar-refractivity contribution < 1.29 is 18.4 Å². The summed E-state index contributed by atoms with van der Waals surface area (Å²) in [6, 6.07) is 0.858. The van der Waals surface area contributed by atoms with Gasteiger partial charge in [-0.2, -0.15) is 4.39 Å². The van der Waals surface area contributed by atoms with E-state index in [9.17, 15) is 18.9 Å². The number of nitro groups is 1. The molecule has 1 aromatic carbocycles. The zero-order valence-corrected chi connectivity index (χ0v) is 9.63. The SMILES string of the molecule is CCCCOc1c(F)c(C)cc([N+](=O)[O-])c1F. The molecule has 0 aliphatic carbocycles. The van der Waals surface area contributed by atoms with Crippen LogP contribution >= 0.6 is 0 Å². The third kappa shape index (κ3) is 2.89. The maximum atomic E-state index is 13.6. The Balaban J connectivity index is 3.13. The molecule has 0 heterocycles. The minimum Gasteiger partial charge on any atom is -0.487 e. The van der Waals surface area contributed by atoms with Crippen LogP contribution in [0.25, 0.3) is 0 Å². The van der Waals surface area contributed by atoms with E-state index < -0.39 is 28.0 Å². The lowest BCUT2D eigenvalue weighted by Crippen LogP contribution is -2.05. The summed E-state index contributed by atoms with van der Waals surface area (Å²) < 4.78 is 32.1. The Morgan fingerprint density at radius 2 is 2.06 bits per heavy atom. The number of halogens is 2. The van der Waals surface area contributed by atoms with Crippen molar-refractivity contribution in [3.8, 4) is 5.75 Å². The van der Waals surface area contributed by atoms with Gasteiger partial charge >= 0.3 is 5.69 Å². The highest BCUT2D eigenvalue weighted by molar-refractivity contribution is 5.45. The van der Waals surface area contributed by atoms with Crippen LogP contribution in [0.3, 0.4) is 0 Å². The molecule has 0 spiro atoms. The first-order chi connectivity index (χ1) is 7.99. The summed E-state index contributed by atoms with van der Waals surface area (Å²) in [5.41, 5.74) is -0.778. The van der Waals surface area contributed by atoms with Crippen molar-refractivity contribution in [1.29, 1.82) is 0 Å². The van der Waals surface area contributed by atoms with Crippen molar-refractivity contribution in [2.75, 3.05) is 6.61 Å². The molecule has 0 aliphatic rings. The molecule has 1 rings (SSSR count). The maximum absolute atomic E-state index is 13.6. The second-order valence-electron chi connectivity index (χ2n) is 3.63. The van der Waals surface area contributed by atoms with Crippen molar-refractivity contribution in [2.45, 2.75) is 26.7 Å². The number of ether oxygens (including phenoxy) is 1. The van der Waals surface area contributed by atoms with Crippen molar-refractivity contribution in [2.24, 2.45) is 0 Å². The molecule has 0 saturated heterocycles. The van der Waals surface area contributed by atoms with Gasteiger partial charge in [0, 0.05) is 6.07 Å².